The number of aryl methyl sites for hydroxylation is 2. The normalized spacial score (nSPS) is 32.0. The average molecular weight is 400 g/mol. The molecule has 7 heteroatoms. The van der Waals surface area contributed by atoms with Crippen LogP contribution in [0.2, 0.25) is 0 Å². The van der Waals surface area contributed by atoms with Crippen LogP contribution in [-0.4, -0.2) is 37.3 Å². The van der Waals surface area contributed by atoms with Gasteiger partial charge in [0.05, 0.1) is 5.75 Å². The number of carbonyl (C=O) groups excluding carboxylic acids is 1. The second kappa shape index (κ2) is 6.71. The van der Waals surface area contributed by atoms with Gasteiger partial charge in [0.1, 0.15) is 0 Å². The van der Waals surface area contributed by atoms with Gasteiger partial charge in [-0.2, -0.15) is 4.98 Å². The van der Waals surface area contributed by atoms with E-state index < -0.39 is 0 Å². The maximum atomic E-state index is 12.6. The molecule has 1 atom stereocenters. The van der Waals surface area contributed by atoms with Gasteiger partial charge in [0.15, 0.2) is 0 Å². The minimum Gasteiger partial charge on any atom is -0.352 e. The summed E-state index contributed by atoms with van der Waals surface area (Å²) >= 11 is 1.39. The Morgan fingerprint density at radius 3 is 2.50 bits per heavy atom. The number of aromatic nitrogens is 4. The van der Waals surface area contributed by atoms with Crippen LogP contribution in [0.1, 0.15) is 56.8 Å². The third kappa shape index (κ3) is 3.21. The second-order valence-electron chi connectivity index (χ2n) is 9.50. The van der Waals surface area contributed by atoms with Gasteiger partial charge in [0.2, 0.25) is 11.1 Å². The van der Waals surface area contributed by atoms with E-state index in [0.29, 0.717) is 22.1 Å². The summed E-state index contributed by atoms with van der Waals surface area (Å²) in [6, 6.07) is 2.24. The highest BCUT2D eigenvalue weighted by Gasteiger charge is 2.53. The molecule has 0 saturated heterocycles. The van der Waals surface area contributed by atoms with E-state index >= 15 is 0 Å². The van der Waals surface area contributed by atoms with Gasteiger partial charge >= 0.3 is 0 Å². The summed E-state index contributed by atoms with van der Waals surface area (Å²) in [7, 11) is 0. The Balaban J connectivity index is 1.21. The molecule has 4 aliphatic carbocycles. The number of hydrogen-bond donors (Lipinski definition) is 1. The molecule has 0 aliphatic heterocycles. The fraction of sp³-hybridized carbons (Fsp3) is 0.714. The number of thioether (sulfide) groups is 1. The molecule has 4 bridgehead atoms. The molecular formula is C21H29N5OS. The van der Waals surface area contributed by atoms with Gasteiger partial charge in [-0.1, -0.05) is 11.8 Å². The largest absolute Gasteiger partial charge is 0.352 e. The number of rotatable bonds is 5. The van der Waals surface area contributed by atoms with Crippen molar-refractivity contribution >= 4 is 23.4 Å². The molecule has 0 aromatic carbocycles. The standard InChI is InChI=1S/C21H29N5OS/c1-12-4-13(2)26-19(22-12)24-20(25-26)28-11-18(27)23-14(3)21-8-15-5-16(9-21)7-17(6-15)10-21/h4,14-17H,5-11H2,1-3H3,(H,23,27). The molecule has 2 aromatic heterocycles. The van der Waals surface area contributed by atoms with Gasteiger partial charge < -0.3 is 5.32 Å². The van der Waals surface area contributed by atoms with E-state index in [9.17, 15) is 4.79 Å². The summed E-state index contributed by atoms with van der Waals surface area (Å²) in [5.74, 6) is 3.75. The first-order valence-corrected chi connectivity index (χ1v) is 11.5. The van der Waals surface area contributed by atoms with Crippen molar-refractivity contribution in [2.24, 2.45) is 23.2 Å². The van der Waals surface area contributed by atoms with Crippen molar-refractivity contribution in [1.82, 2.24) is 24.9 Å². The summed E-state index contributed by atoms with van der Waals surface area (Å²) in [5.41, 5.74) is 2.27. The van der Waals surface area contributed by atoms with Gasteiger partial charge in [-0.05, 0) is 88.5 Å². The van der Waals surface area contributed by atoms with Gasteiger partial charge in [0.25, 0.3) is 5.78 Å². The maximum absolute atomic E-state index is 12.6. The third-order valence-corrected chi connectivity index (χ3v) is 8.15. The number of carbonyl (C=O) groups is 1. The Bertz CT molecular complexity index is 888. The lowest BCUT2D eigenvalue weighted by Crippen LogP contribution is -2.56. The van der Waals surface area contributed by atoms with E-state index in [4.69, 9.17) is 0 Å². The molecule has 2 heterocycles. The number of nitrogens with zero attached hydrogens (tertiary/aromatic N) is 4. The summed E-state index contributed by atoms with van der Waals surface area (Å²) in [5, 5.41) is 8.42. The van der Waals surface area contributed by atoms with Gasteiger partial charge in [-0.15, -0.1) is 5.10 Å². The molecule has 4 aliphatic rings. The summed E-state index contributed by atoms with van der Waals surface area (Å²) < 4.78 is 1.74. The van der Waals surface area contributed by atoms with Crippen LogP contribution in [0.4, 0.5) is 0 Å². The summed E-state index contributed by atoms with van der Waals surface area (Å²) in [6.07, 6.45) is 8.23. The van der Waals surface area contributed by atoms with E-state index in [-0.39, 0.29) is 11.9 Å². The summed E-state index contributed by atoms with van der Waals surface area (Å²) in [4.78, 5) is 21.5. The quantitative estimate of drug-likeness (QED) is 0.779. The lowest BCUT2D eigenvalue weighted by atomic mass is 9.48. The molecule has 1 N–H and O–H groups in total. The van der Waals surface area contributed by atoms with E-state index in [1.54, 1.807) is 4.52 Å². The van der Waals surface area contributed by atoms with Crippen molar-refractivity contribution in [3.63, 3.8) is 0 Å². The lowest BCUT2D eigenvalue weighted by molar-refractivity contribution is -0.123. The van der Waals surface area contributed by atoms with Crippen molar-refractivity contribution < 1.29 is 4.79 Å². The zero-order valence-electron chi connectivity index (χ0n) is 16.9. The molecule has 4 saturated carbocycles. The molecule has 0 radical (unpaired) electrons. The Morgan fingerprint density at radius 2 is 1.86 bits per heavy atom. The van der Waals surface area contributed by atoms with Gasteiger partial charge in [-0.3, -0.25) is 4.79 Å². The Kier molecular flexibility index (Phi) is 4.41. The number of amides is 1. The first kappa shape index (κ1) is 18.4. The average Bonchev–Trinajstić information content (AvgIpc) is 3.02. The maximum Gasteiger partial charge on any atom is 0.253 e. The summed E-state index contributed by atoms with van der Waals surface area (Å²) in [6.45, 7) is 6.17. The minimum atomic E-state index is 0.0907. The topological polar surface area (TPSA) is 72.2 Å². The number of nitrogens with one attached hydrogen (secondary N) is 1. The number of hydrogen-bond acceptors (Lipinski definition) is 5. The van der Waals surface area contributed by atoms with Crippen LogP contribution in [0.15, 0.2) is 11.2 Å². The fourth-order valence-electron chi connectivity index (χ4n) is 6.48. The number of fused-ring (bicyclic) bond motifs is 1. The van der Waals surface area contributed by atoms with Crippen molar-refractivity contribution in [1.29, 1.82) is 0 Å². The molecule has 1 unspecified atom stereocenters. The minimum absolute atomic E-state index is 0.0907. The first-order chi connectivity index (χ1) is 13.4. The van der Waals surface area contributed by atoms with Crippen LogP contribution < -0.4 is 5.32 Å². The van der Waals surface area contributed by atoms with Crippen molar-refractivity contribution in [3.8, 4) is 0 Å². The zero-order chi connectivity index (χ0) is 19.5. The second-order valence-corrected chi connectivity index (χ2v) is 10.4. The molecule has 6 nitrogen and oxygen atoms in total. The molecular weight excluding hydrogens is 370 g/mol. The van der Waals surface area contributed by atoms with Crippen LogP contribution in [0.3, 0.4) is 0 Å². The smallest absolute Gasteiger partial charge is 0.253 e. The van der Waals surface area contributed by atoms with E-state index in [1.807, 2.05) is 19.9 Å². The molecule has 28 heavy (non-hydrogen) atoms. The molecule has 2 aromatic rings. The van der Waals surface area contributed by atoms with Crippen LogP contribution in [0.5, 0.6) is 0 Å². The molecule has 1 amide bonds. The van der Waals surface area contributed by atoms with Crippen molar-refractivity contribution in [2.45, 2.75) is 70.5 Å². The highest BCUT2D eigenvalue weighted by atomic mass is 32.2. The lowest BCUT2D eigenvalue weighted by Gasteiger charge is -2.59. The zero-order valence-corrected chi connectivity index (χ0v) is 17.8. The first-order valence-electron chi connectivity index (χ1n) is 10.5. The van der Waals surface area contributed by atoms with E-state index in [2.05, 4.69) is 27.3 Å². The molecule has 150 valence electrons. The predicted octanol–water partition coefficient (Wildman–Crippen LogP) is 3.55. The van der Waals surface area contributed by atoms with Crippen molar-refractivity contribution in [3.05, 3.63) is 17.5 Å². The monoisotopic (exact) mass is 399 g/mol. The third-order valence-electron chi connectivity index (χ3n) is 7.31. The highest BCUT2D eigenvalue weighted by Crippen LogP contribution is 2.61. The predicted molar refractivity (Wildman–Crippen MR) is 109 cm³/mol. The SMILES string of the molecule is Cc1cc(C)n2nc(SCC(=O)NC(C)C34CC5CC(CC(C5)C3)C4)nc2n1. The highest BCUT2D eigenvalue weighted by molar-refractivity contribution is 7.99. The van der Waals surface area contributed by atoms with Gasteiger partial charge in [0, 0.05) is 17.4 Å². The van der Waals surface area contributed by atoms with Crippen LogP contribution in [-0.2, 0) is 4.79 Å². The molecule has 4 fully saturated rings. The van der Waals surface area contributed by atoms with E-state index in [1.165, 1.54) is 50.3 Å². The molecule has 6 rings (SSSR count). The Morgan fingerprint density at radius 1 is 1.21 bits per heavy atom. The Hall–Kier alpha value is -1.63. The van der Waals surface area contributed by atoms with Crippen LogP contribution >= 0.6 is 11.8 Å². The van der Waals surface area contributed by atoms with Gasteiger partial charge in [-0.25, -0.2) is 9.50 Å². The van der Waals surface area contributed by atoms with E-state index in [0.717, 1.165) is 29.1 Å². The molecule has 0 spiro atoms. The van der Waals surface area contributed by atoms with Crippen LogP contribution in [0.25, 0.3) is 5.78 Å². The van der Waals surface area contributed by atoms with Crippen molar-refractivity contribution in [2.75, 3.05) is 5.75 Å². The van der Waals surface area contributed by atoms with Crippen LogP contribution in [0, 0.1) is 37.0 Å². The Labute approximate surface area is 170 Å². The fourth-order valence-corrected chi connectivity index (χ4v) is 7.11.